The van der Waals surface area contributed by atoms with Gasteiger partial charge in [-0.25, -0.2) is 0 Å². The van der Waals surface area contributed by atoms with E-state index in [4.69, 9.17) is 4.52 Å². The Morgan fingerprint density at radius 1 is 1.52 bits per heavy atom. The van der Waals surface area contributed by atoms with Crippen molar-refractivity contribution >= 4 is 5.91 Å². The summed E-state index contributed by atoms with van der Waals surface area (Å²) in [6.45, 7) is 8.78. The normalized spacial score (nSPS) is 21.7. The SMILES string of the molecule is CCn1cccc1CN1CCC(NC(C)=O)(c2nc(C)no2)C1. The summed E-state index contributed by atoms with van der Waals surface area (Å²) in [5, 5.41) is 6.92. The quantitative estimate of drug-likeness (QED) is 0.903. The van der Waals surface area contributed by atoms with Crippen LogP contribution in [0.3, 0.4) is 0 Å². The lowest BCUT2D eigenvalue weighted by molar-refractivity contribution is -0.121. The lowest BCUT2D eigenvalue weighted by atomic mass is 9.98. The molecule has 2 aromatic heterocycles. The predicted octanol–water partition coefficient (Wildman–Crippen LogP) is 1.44. The van der Waals surface area contributed by atoms with Crippen molar-refractivity contribution in [2.75, 3.05) is 13.1 Å². The Morgan fingerprint density at radius 3 is 3.00 bits per heavy atom. The van der Waals surface area contributed by atoms with Crippen LogP contribution in [0, 0.1) is 6.92 Å². The zero-order valence-corrected chi connectivity index (χ0v) is 13.9. The molecular formula is C16H23N5O2. The fraction of sp³-hybridized carbons (Fsp3) is 0.562. The number of nitrogens with one attached hydrogen (secondary N) is 1. The van der Waals surface area contributed by atoms with E-state index < -0.39 is 5.54 Å². The van der Waals surface area contributed by atoms with Gasteiger partial charge >= 0.3 is 0 Å². The van der Waals surface area contributed by atoms with Crippen molar-refractivity contribution in [1.29, 1.82) is 0 Å². The molecule has 1 aliphatic heterocycles. The Bertz CT molecular complexity index is 692. The monoisotopic (exact) mass is 317 g/mol. The third kappa shape index (κ3) is 3.14. The molecule has 23 heavy (non-hydrogen) atoms. The van der Waals surface area contributed by atoms with Crippen molar-refractivity contribution < 1.29 is 9.32 Å². The van der Waals surface area contributed by atoms with Gasteiger partial charge in [0, 0.05) is 45.0 Å². The van der Waals surface area contributed by atoms with Gasteiger partial charge in [0.2, 0.25) is 5.91 Å². The molecule has 0 bridgehead atoms. The highest BCUT2D eigenvalue weighted by Crippen LogP contribution is 2.32. The smallest absolute Gasteiger partial charge is 0.253 e. The van der Waals surface area contributed by atoms with Gasteiger partial charge in [-0.15, -0.1) is 0 Å². The molecule has 1 N–H and O–H groups in total. The maximum atomic E-state index is 11.7. The van der Waals surface area contributed by atoms with E-state index in [1.165, 1.54) is 12.6 Å². The third-order valence-corrected chi connectivity index (χ3v) is 4.35. The van der Waals surface area contributed by atoms with E-state index in [1.54, 1.807) is 6.92 Å². The Hall–Kier alpha value is -2.15. The third-order valence-electron chi connectivity index (χ3n) is 4.35. The van der Waals surface area contributed by atoms with Crippen molar-refractivity contribution in [2.45, 2.75) is 45.8 Å². The number of carbonyl (C=O) groups excluding carboxylic acids is 1. The second-order valence-electron chi connectivity index (χ2n) is 6.16. The largest absolute Gasteiger partial charge is 0.351 e. The molecule has 0 aromatic carbocycles. The zero-order chi connectivity index (χ0) is 16.4. The summed E-state index contributed by atoms with van der Waals surface area (Å²) < 4.78 is 7.60. The first kappa shape index (κ1) is 15.7. The van der Waals surface area contributed by atoms with Crippen molar-refractivity contribution in [3.05, 3.63) is 35.7 Å². The highest BCUT2D eigenvalue weighted by Gasteiger charge is 2.45. The van der Waals surface area contributed by atoms with E-state index in [9.17, 15) is 4.79 Å². The summed E-state index contributed by atoms with van der Waals surface area (Å²) in [5.74, 6) is 1.00. The second kappa shape index (κ2) is 6.16. The molecule has 124 valence electrons. The average Bonchev–Trinajstić information content (AvgIpc) is 3.20. The van der Waals surface area contributed by atoms with Crippen LogP contribution in [-0.4, -0.2) is 38.6 Å². The number of aromatic nitrogens is 3. The molecule has 0 aliphatic carbocycles. The van der Waals surface area contributed by atoms with Gasteiger partial charge in [-0.1, -0.05) is 5.16 Å². The lowest BCUT2D eigenvalue weighted by Gasteiger charge is -2.26. The zero-order valence-electron chi connectivity index (χ0n) is 13.9. The molecule has 1 atom stereocenters. The van der Waals surface area contributed by atoms with E-state index in [0.29, 0.717) is 18.3 Å². The van der Waals surface area contributed by atoms with Gasteiger partial charge in [0.25, 0.3) is 5.89 Å². The van der Waals surface area contributed by atoms with Gasteiger partial charge in [0.1, 0.15) is 5.54 Å². The summed E-state index contributed by atoms with van der Waals surface area (Å²) in [6, 6.07) is 4.20. The molecule has 0 saturated carbocycles. The fourth-order valence-corrected chi connectivity index (χ4v) is 3.31. The minimum Gasteiger partial charge on any atom is -0.351 e. The first-order valence-electron chi connectivity index (χ1n) is 7.98. The maximum Gasteiger partial charge on any atom is 0.253 e. The van der Waals surface area contributed by atoms with Gasteiger partial charge in [0.15, 0.2) is 5.82 Å². The number of amides is 1. The number of nitrogens with zero attached hydrogens (tertiary/aromatic N) is 4. The van der Waals surface area contributed by atoms with E-state index in [2.05, 4.69) is 50.2 Å². The number of carbonyl (C=O) groups is 1. The Balaban J connectivity index is 1.79. The molecule has 1 amide bonds. The summed E-state index contributed by atoms with van der Waals surface area (Å²) in [4.78, 5) is 18.4. The fourth-order valence-electron chi connectivity index (χ4n) is 3.31. The summed E-state index contributed by atoms with van der Waals surface area (Å²) >= 11 is 0. The van der Waals surface area contributed by atoms with Crippen LogP contribution >= 0.6 is 0 Å². The molecular weight excluding hydrogens is 294 g/mol. The first-order valence-corrected chi connectivity index (χ1v) is 7.98. The Morgan fingerprint density at radius 2 is 2.35 bits per heavy atom. The molecule has 1 fully saturated rings. The van der Waals surface area contributed by atoms with Gasteiger partial charge in [-0.2, -0.15) is 4.98 Å². The standard InChI is InChI=1S/C16H23N5O2/c1-4-21-8-5-6-14(21)10-20-9-7-16(11-20,18-13(3)22)15-17-12(2)19-23-15/h5-6,8H,4,7,9-11H2,1-3H3,(H,18,22). The molecule has 7 nitrogen and oxygen atoms in total. The van der Waals surface area contributed by atoms with Gasteiger partial charge in [0.05, 0.1) is 0 Å². The summed E-state index contributed by atoms with van der Waals surface area (Å²) in [7, 11) is 0. The lowest BCUT2D eigenvalue weighted by Crippen LogP contribution is -2.47. The molecule has 7 heteroatoms. The minimum absolute atomic E-state index is 0.0837. The number of likely N-dealkylation sites (tertiary alicyclic amines) is 1. The van der Waals surface area contributed by atoms with Crippen molar-refractivity contribution in [3.63, 3.8) is 0 Å². The van der Waals surface area contributed by atoms with Crippen molar-refractivity contribution in [1.82, 2.24) is 24.9 Å². The number of hydrogen-bond donors (Lipinski definition) is 1. The van der Waals surface area contributed by atoms with Crippen LogP contribution in [0.2, 0.25) is 0 Å². The van der Waals surface area contributed by atoms with E-state index in [-0.39, 0.29) is 5.91 Å². The molecule has 3 heterocycles. The van der Waals surface area contributed by atoms with Crippen LogP contribution in [0.4, 0.5) is 0 Å². The van der Waals surface area contributed by atoms with Crippen molar-refractivity contribution in [3.8, 4) is 0 Å². The van der Waals surface area contributed by atoms with Gasteiger partial charge < -0.3 is 14.4 Å². The molecule has 2 aromatic rings. The van der Waals surface area contributed by atoms with Crippen LogP contribution in [-0.2, 0) is 23.4 Å². The molecule has 3 rings (SSSR count). The average molecular weight is 317 g/mol. The second-order valence-corrected chi connectivity index (χ2v) is 6.16. The van der Waals surface area contributed by atoms with E-state index in [1.807, 2.05) is 0 Å². The van der Waals surface area contributed by atoms with Gasteiger partial charge in [-0.05, 0) is 32.4 Å². The minimum atomic E-state index is -0.587. The molecule has 0 spiro atoms. The van der Waals surface area contributed by atoms with Gasteiger partial charge in [-0.3, -0.25) is 9.69 Å². The summed E-state index contributed by atoms with van der Waals surface area (Å²) in [5.41, 5.74) is 0.685. The Kier molecular flexibility index (Phi) is 4.21. The molecule has 1 aliphatic rings. The number of rotatable bonds is 5. The van der Waals surface area contributed by atoms with Crippen LogP contribution in [0.1, 0.15) is 37.7 Å². The highest BCUT2D eigenvalue weighted by atomic mass is 16.5. The molecule has 1 unspecified atom stereocenters. The highest BCUT2D eigenvalue weighted by molar-refractivity contribution is 5.74. The van der Waals surface area contributed by atoms with Crippen LogP contribution in [0.5, 0.6) is 0 Å². The molecule has 1 saturated heterocycles. The summed E-state index contributed by atoms with van der Waals surface area (Å²) in [6.07, 6.45) is 2.86. The number of hydrogen-bond acceptors (Lipinski definition) is 5. The van der Waals surface area contributed by atoms with Crippen LogP contribution < -0.4 is 5.32 Å². The first-order chi connectivity index (χ1) is 11.0. The topological polar surface area (TPSA) is 76.2 Å². The number of aryl methyl sites for hydroxylation is 2. The van der Waals surface area contributed by atoms with Crippen molar-refractivity contribution in [2.24, 2.45) is 0 Å². The van der Waals surface area contributed by atoms with Crippen LogP contribution in [0.15, 0.2) is 22.9 Å². The van der Waals surface area contributed by atoms with E-state index in [0.717, 1.165) is 26.1 Å². The molecule has 0 radical (unpaired) electrons. The van der Waals surface area contributed by atoms with E-state index >= 15 is 0 Å². The predicted molar refractivity (Wildman–Crippen MR) is 84.5 cm³/mol. The van der Waals surface area contributed by atoms with Crippen LogP contribution in [0.25, 0.3) is 0 Å². The maximum absolute atomic E-state index is 11.7. The Labute approximate surface area is 135 Å².